The molecule has 32 heavy (non-hydrogen) atoms. The molecular formula is C25H30N2O4Si. The fourth-order valence-corrected chi connectivity index (χ4v) is 8.98. The number of carbonyl (C=O) groups excluding carboxylic acids is 1. The second kappa shape index (κ2) is 8.92. The lowest BCUT2D eigenvalue weighted by molar-refractivity contribution is 0.0519. The summed E-state index contributed by atoms with van der Waals surface area (Å²) in [5, 5.41) is 2.45. The summed E-state index contributed by atoms with van der Waals surface area (Å²) in [5.74, 6) is -0.469. The lowest BCUT2D eigenvalue weighted by atomic mass is 10.2. The molecule has 1 aromatic heterocycles. The molecule has 0 aliphatic carbocycles. The Bertz CT molecular complexity index is 1000. The summed E-state index contributed by atoms with van der Waals surface area (Å²) >= 11 is 0. The van der Waals surface area contributed by atoms with E-state index in [0.717, 1.165) is 0 Å². The van der Waals surface area contributed by atoms with Crippen LogP contribution in [0.2, 0.25) is 5.04 Å². The van der Waals surface area contributed by atoms with Gasteiger partial charge >= 0.3 is 5.97 Å². The molecule has 0 atom stereocenters. The van der Waals surface area contributed by atoms with Crippen molar-refractivity contribution in [3.8, 4) is 0 Å². The van der Waals surface area contributed by atoms with Gasteiger partial charge in [0.25, 0.3) is 14.3 Å². The van der Waals surface area contributed by atoms with Crippen LogP contribution in [0, 0.1) is 0 Å². The minimum absolute atomic E-state index is 0.0410. The van der Waals surface area contributed by atoms with E-state index in [1.807, 2.05) is 17.0 Å². The van der Waals surface area contributed by atoms with E-state index < -0.39 is 14.3 Å². The molecule has 7 heteroatoms. The molecule has 0 N–H and O–H groups in total. The number of nitrogens with zero attached hydrogens (tertiary/aromatic N) is 2. The van der Waals surface area contributed by atoms with Gasteiger partial charge < -0.3 is 18.5 Å². The van der Waals surface area contributed by atoms with Crippen LogP contribution in [0.25, 0.3) is 0 Å². The average molecular weight is 451 g/mol. The summed E-state index contributed by atoms with van der Waals surface area (Å²) in [6.45, 7) is 10.2. The van der Waals surface area contributed by atoms with Crippen LogP contribution in [-0.2, 0) is 9.16 Å². The maximum Gasteiger partial charge on any atom is 0.360 e. The van der Waals surface area contributed by atoms with Gasteiger partial charge in [-0.25, -0.2) is 4.79 Å². The van der Waals surface area contributed by atoms with Gasteiger partial charge in [-0.3, -0.25) is 0 Å². The fraction of sp³-hybridized carbons (Fsp3) is 0.360. The van der Waals surface area contributed by atoms with Crippen molar-refractivity contribution in [2.75, 3.05) is 24.6 Å². The van der Waals surface area contributed by atoms with E-state index in [1.165, 1.54) is 16.6 Å². The number of aromatic nitrogens is 1. The smallest absolute Gasteiger partial charge is 0.360 e. The van der Waals surface area contributed by atoms with Crippen LogP contribution in [0.3, 0.4) is 0 Å². The minimum Gasteiger partial charge on any atom is -0.461 e. The van der Waals surface area contributed by atoms with Crippen LogP contribution in [0.15, 0.2) is 71.3 Å². The maximum atomic E-state index is 11.9. The highest BCUT2D eigenvalue weighted by Gasteiger charge is 2.52. The van der Waals surface area contributed by atoms with Crippen molar-refractivity contribution in [1.29, 1.82) is 0 Å². The van der Waals surface area contributed by atoms with Crippen LogP contribution in [0.5, 0.6) is 0 Å². The Morgan fingerprint density at radius 3 is 2.12 bits per heavy atom. The van der Waals surface area contributed by atoms with Crippen LogP contribution >= 0.6 is 0 Å². The summed E-state index contributed by atoms with van der Waals surface area (Å²) in [5.41, 5.74) is 0.193. The summed E-state index contributed by atoms with van der Waals surface area (Å²) in [6, 6.07) is 21.7. The lowest BCUT2D eigenvalue weighted by Crippen LogP contribution is -2.70. The van der Waals surface area contributed by atoms with E-state index in [9.17, 15) is 4.79 Å². The largest absolute Gasteiger partial charge is 0.461 e. The Morgan fingerprint density at radius 2 is 1.62 bits per heavy atom. The zero-order valence-corrected chi connectivity index (χ0v) is 20.1. The van der Waals surface area contributed by atoms with Crippen molar-refractivity contribution >= 4 is 30.7 Å². The second-order valence-corrected chi connectivity index (χ2v) is 13.3. The fourth-order valence-electron chi connectivity index (χ4n) is 4.32. The highest BCUT2D eigenvalue weighted by Crippen LogP contribution is 2.38. The quantitative estimate of drug-likeness (QED) is 0.405. The predicted molar refractivity (Wildman–Crippen MR) is 127 cm³/mol. The van der Waals surface area contributed by atoms with Gasteiger partial charge in [-0.05, 0) is 22.3 Å². The molecule has 0 bridgehead atoms. The predicted octanol–water partition coefficient (Wildman–Crippen LogP) is 3.62. The molecule has 1 saturated heterocycles. The van der Waals surface area contributed by atoms with Gasteiger partial charge in [0.15, 0.2) is 5.69 Å². The molecule has 2 heterocycles. The van der Waals surface area contributed by atoms with Gasteiger partial charge in [0.2, 0.25) is 0 Å². The van der Waals surface area contributed by atoms with Crippen LogP contribution < -0.4 is 15.3 Å². The minimum atomic E-state index is -2.59. The number of anilines is 1. The van der Waals surface area contributed by atoms with Crippen LogP contribution in [-0.4, -0.2) is 45.1 Å². The summed E-state index contributed by atoms with van der Waals surface area (Å²) in [6.07, 6.45) is 1.39. The molecule has 1 aliphatic rings. The standard InChI is InChI=1S/C25H30N2O4Si/c1-5-29-23(28)22-18-30-24(26-22)27-16-19(17-27)31-32(25(2,3)4,20-12-8-6-9-13-20)21-14-10-7-11-15-21/h6-15,18-19H,5,16-17H2,1-4H3. The number of carbonyl (C=O) groups is 1. The molecule has 0 amide bonds. The second-order valence-electron chi connectivity index (χ2n) is 9.04. The molecule has 0 unspecified atom stereocenters. The Morgan fingerprint density at radius 1 is 1.06 bits per heavy atom. The number of rotatable bonds is 7. The number of ether oxygens (including phenoxy) is 1. The molecule has 6 nitrogen and oxygen atoms in total. The molecule has 168 valence electrons. The number of hydrogen-bond acceptors (Lipinski definition) is 6. The first-order valence-electron chi connectivity index (χ1n) is 11.0. The Labute approximate surface area is 190 Å². The van der Waals surface area contributed by atoms with E-state index >= 15 is 0 Å². The van der Waals surface area contributed by atoms with Crippen molar-refractivity contribution < 1.29 is 18.4 Å². The molecule has 0 radical (unpaired) electrons. The highest BCUT2D eigenvalue weighted by molar-refractivity contribution is 6.99. The zero-order valence-electron chi connectivity index (χ0n) is 19.1. The molecule has 0 spiro atoms. The van der Waals surface area contributed by atoms with Gasteiger partial charge in [-0.15, -0.1) is 0 Å². The van der Waals surface area contributed by atoms with Crippen molar-refractivity contribution in [2.45, 2.75) is 38.8 Å². The number of esters is 1. The SMILES string of the molecule is CCOC(=O)c1coc(N2CC(O[Si](c3ccccc3)(c3ccccc3)C(C)(C)C)C2)n1. The summed E-state index contributed by atoms with van der Waals surface area (Å²) in [4.78, 5) is 18.2. The molecular weight excluding hydrogens is 420 g/mol. The van der Waals surface area contributed by atoms with E-state index in [2.05, 4.69) is 74.3 Å². The Kier molecular flexibility index (Phi) is 6.21. The van der Waals surface area contributed by atoms with Crippen molar-refractivity contribution in [2.24, 2.45) is 0 Å². The first kappa shape index (κ1) is 22.3. The molecule has 1 fully saturated rings. The Hall–Kier alpha value is -2.90. The van der Waals surface area contributed by atoms with Gasteiger partial charge in [0, 0.05) is 13.1 Å². The van der Waals surface area contributed by atoms with Gasteiger partial charge in [0.1, 0.15) is 6.26 Å². The lowest BCUT2D eigenvalue weighted by Gasteiger charge is -2.49. The summed E-state index contributed by atoms with van der Waals surface area (Å²) < 4.78 is 17.6. The molecule has 4 rings (SSSR count). The average Bonchev–Trinajstić information content (AvgIpc) is 3.23. The van der Waals surface area contributed by atoms with Gasteiger partial charge in [-0.2, -0.15) is 4.98 Å². The van der Waals surface area contributed by atoms with Crippen molar-refractivity contribution in [3.63, 3.8) is 0 Å². The monoisotopic (exact) mass is 450 g/mol. The van der Waals surface area contributed by atoms with Crippen molar-refractivity contribution in [3.05, 3.63) is 72.6 Å². The van der Waals surface area contributed by atoms with Crippen molar-refractivity contribution in [1.82, 2.24) is 4.98 Å². The van der Waals surface area contributed by atoms with E-state index in [1.54, 1.807) is 6.92 Å². The highest BCUT2D eigenvalue weighted by atomic mass is 28.4. The third-order valence-corrected chi connectivity index (χ3v) is 10.9. The van der Waals surface area contributed by atoms with E-state index in [-0.39, 0.29) is 16.8 Å². The van der Waals surface area contributed by atoms with Gasteiger partial charge in [0.05, 0.1) is 12.7 Å². The third-order valence-electron chi connectivity index (χ3n) is 5.86. The maximum absolute atomic E-state index is 11.9. The number of hydrogen-bond donors (Lipinski definition) is 0. The Balaban J connectivity index is 1.58. The molecule has 0 saturated carbocycles. The van der Waals surface area contributed by atoms with Crippen LogP contribution in [0.4, 0.5) is 6.01 Å². The van der Waals surface area contributed by atoms with E-state index in [4.69, 9.17) is 13.6 Å². The number of oxazole rings is 1. The molecule has 3 aromatic rings. The van der Waals surface area contributed by atoms with Gasteiger partial charge in [-0.1, -0.05) is 81.4 Å². The zero-order chi connectivity index (χ0) is 22.8. The molecule has 1 aliphatic heterocycles. The van der Waals surface area contributed by atoms with E-state index in [0.29, 0.717) is 25.7 Å². The summed E-state index contributed by atoms with van der Waals surface area (Å²) in [7, 11) is -2.59. The first-order chi connectivity index (χ1) is 15.3. The topological polar surface area (TPSA) is 64.8 Å². The normalized spacial score (nSPS) is 14.8. The first-order valence-corrected chi connectivity index (χ1v) is 12.9. The number of benzene rings is 2. The molecule has 2 aromatic carbocycles. The van der Waals surface area contributed by atoms with Crippen LogP contribution in [0.1, 0.15) is 38.2 Å². The third kappa shape index (κ3) is 4.10.